The number of aromatic nitrogens is 3. The number of pyridine rings is 1. The maximum Gasteiger partial charge on any atom is 0.181 e. The fraction of sp³-hybridized carbons (Fsp3) is 0. The Labute approximate surface area is 135 Å². The van der Waals surface area contributed by atoms with E-state index in [1.165, 1.54) is 6.39 Å². The van der Waals surface area contributed by atoms with E-state index in [1.54, 1.807) is 36.1 Å². The van der Waals surface area contributed by atoms with Gasteiger partial charge in [0, 0.05) is 18.0 Å². The molecule has 4 aromatic rings. The van der Waals surface area contributed by atoms with Gasteiger partial charge in [0.05, 0.1) is 28.3 Å². The monoisotopic (exact) mass is 321 g/mol. The van der Waals surface area contributed by atoms with Crippen molar-refractivity contribution >= 4 is 33.5 Å². The third-order valence-electron chi connectivity index (χ3n) is 3.18. The minimum Gasteiger partial charge on any atom is -0.444 e. The van der Waals surface area contributed by atoms with E-state index in [0.29, 0.717) is 0 Å². The molecule has 0 amide bonds. The van der Waals surface area contributed by atoms with Gasteiger partial charge in [-0.3, -0.25) is 10.4 Å². The summed E-state index contributed by atoms with van der Waals surface area (Å²) in [6, 6.07) is 9.64. The topological polar surface area (TPSA) is 76.2 Å². The number of thiazole rings is 1. The van der Waals surface area contributed by atoms with Crippen LogP contribution in [0.2, 0.25) is 0 Å². The predicted octanol–water partition coefficient (Wildman–Crippen LogP) is 3.79. The van der Waals surface area contributed by atoms with E-state index in [0.717, 1.165) is 32.2 Å². The average Bonchev–Trinajstić information content (AvgIpc) is 3.25. The fourth-order valence-corrected chi connectivity index (χ4v) is 2.89. The maximum atomic E-state index is 5.25. The van der Waals surface area contributed by atoms with Crippen molar-refractivity contribution in [1.29, 1.82) is 0 Å². The number of anilines is 1. The highest BCUT2D eigenvalue weighted by atomic mass is 32.1. The Hall–Kier alpha value is -3.06. The van der Waals surface area contributed by atoms with E-state index in [4.69, 9.17) is 4.42 Å². The Morgan fingerprint density at radius 1 is 1.09 bits per heavy atom. The Morgan fingerprint density at radius 2 is 2.00 bits per heavy atom. The number of hydrogen-bond donors (Lipinski definition) is 1. The first kappa shape index (κ1) is 13.6. The number of benzene rings is 1. The van der Waals surface area contributed by atoms with E-state index >= 15 is 0 Å². The highest BCUT2D eigenvalue weighted by Crippen LogP contribution is 2.21. The summed E-state index contributed by atoms with van der Waals surface area (Å²) in [4.78, 5) is 12.4. The molecular weight excluding hydrogens is 310 g/mol. The second-order valence-corrected chi connectivity index (χ2v) is 5.77. The molecule has 3 heterocycles. The van der Waals surface area contributed by atoms with Gasteiger partial charge in [-0.05, 0) is 30.3 Å². The van der Waals surface area contributed by atoms with Crippen molar-refractivity contribution in [2.24, 2.45) is 5.10 Å². The predicted molar refractivity (Wildman–Crippen MR) is 90.6 cm³/mol. The van der Waals surface area contributed by atoms with Crippen molar-refractivity contribution < 1.29 is 4.42 Å². The van der Waals surface area contributed by atoms with Gasteiger partial charge in [-0.1, -0.05) is 0 Å². The lowest BCUT2D eigenvalue weighted by Gasteiger charge is -2.00. The molecule has 0 unspecified atom stereocenters. The quantitative estimate of drug-likeness (QED) is 0.457. The Bertz CT molecular complexity index is 911. The summed E-state index contributed by atoms with van der Waals surface area (Å²) in [6.45, 7) is 0. The lowest BCUT2D eigenvalue weighted by Crippen LogP contribution is -1.90. The first-order chi connectivity index (χ1) is 11.4. The van der Waals surface area contributed by atoms with Crippen LogP contribution in [0.3, 0.4) is 0 Å². The van der Waals surface area contributed by atoms with Crippen molar-refractivity contribution in [1.82, 2.24) is 15.0 Å². The molecule has 7 heteroatoms. The molecule has 0 bridgehead atoms. The molecule has 0 aliphatic rings. The van der Waals surface area contributed by atoms with Gasteiger partial charge in [0.15, 0.2) is 12.2 Å². The lowest BCUT2D eigenvalue weighted by molar-refractivity contribution is 0.572. The highest BCUT2D eigenvalue weighted by Gasteiger charge is 2.02. The molecule has 0 spiro atoms. The van der Waals surface area contributed by atoms with Crippen LogP contribution in [-0.2, 0) is 0 Å². The van der Waals surface area contributed by atoms with Crippen LogP contribution in [0, 0.1) is 0 Å². The molecule has 0 aliphatic carbocycles. The van der Waals surface area contributed by atoms with Crippen LogP contribution >= 0.6 is 11.3 Å². The van der Waals surface area contributed by atoms with Crippen molar-refractivity contribution in [3.63, 3.8) is 0 Å². The van der Waals surface area contributed by atoms with Crippen LogP contribution in [-0.4, -0.2) is 21.2 Å². The molecule has 0 aliphatic heterocycles. The van der Waals surface area contributed by atoms with Gasteiger partial charge in [-0.2, -0.15) is 5.10 Å². The Morgan fingerprint density at radius 3 is 2.78 bits per heavy atom. The van der Waals surface area contributed by atoms with Crippen LogP contribution < -0.4 is 5.43 Å². The second kappa shape index (κ2) is 5.98. The summed E-state index contributed by atoms with van der Waals surface area (Å²) in [5, 5.41) is 5.05. The van der Waals surface area contributed by atoms with Crippen LogP contribution in [0.5, 0.6) is 0 Å². The van der Waals surface area contributed by atoms with Crippen LogP contribution in [0.25, 0.3) is 21.5 Å². The number of nitrogens with zero attached hydrogens (tertiary/aromatic N) is 4. The molecule has 112 valence electrons. The van der Waals surface area contributed by atoms with Gasteiger partial charge < -0.3 is 4.42 Å². The van der Waals surface area contributed by atoms with Crippen molar-refractivity contribution in [3.8, 4) is 11.3 Å². The molecule has 0 saturated carbocycles. The SMILES string of the molecule is C(=NNc1ccc(-c2cnco2)cc1)c1nc2ccncc2s1. The first-order valence-corrected chi connectivity index (χ1v) is 7.69. The fourth-order valence-electron chi connectivity index (χ4n) is 2.08. The van der Waals surface area contributed by atoms with Crippen molar-refractivity contribution in [2.45, 2.75) is 0 Å². The maximum absolute atomic E-state index is 5.25. The molecule has 6 nitrogen and oxygen atoms in total. The van der Waals surface area contributed by atoms with Gasteiger partial charge in [0.25, 0.3) is 0 Å². The molecule has 3 aromatic heterocycles. The molecule has 1 N–H and O–H groups in total. The van der Waals surface area contributed by atoms with E-state index in [9.17, 15) is 0 Å². The number of rotatable bonds is 4. The van der Waals surface area contributed by atoms with Gasteiger partial charge in [0.1, 0.15) is 5.01 Å². The van der Waals surface area contributed by atoms with Crippen molar-refractivity contribution in [2.75, 3.05) is 5.43 Å². The van der Waals surface area contributed by atoms with Gasteiger partial charge >= 0.3 is 0 Å². The minimum atomic E-state index is 0.739. The highest BCUT2D eigenvalue weighted by molar-refractivity contribution is 7.20. The molecule has 0 fully saturated rings. The summed E-state index contributed by atoms with van der Waals surface area (Å²) in [6.07, 6.45) is 8.34. The number of oxazole rings is 1. The third kappa shape index (κ3) is 2.95. The lowest BCUT2D eigenvalue weighted by atomic mass is 10.2. The Kier molecular flexibility index (Phi) is 3.53. The number of fused-ring (bicyclic) bond motifs is 1. The van der Waals surface area contributed by atoms with Crippen molar-refractivity contribution in [3.05, 3.63) is 60.3 Å². The van der Waals surface area contributed by atoms with Crippen LogP contribution in [0.15, 0.2) is 64.8 Å². The third-order valence-corrected chi connectivity index (χ3v) is 4.12. The number of hydrazone groups is 1. The molecule has 1 aromatic carbocycles. The van der Waals surface area contributed by atoms with Gasteiger partial charge in [-0.25, -0.2) is 9.97 Å². The summed E-state index contributed by atoms with van der Waals surface area (Å²) in [5.41, 5.74) is 5.77. The smallest absolute Gasteiger partial charge is 0.181 e. The molecule has 0 saturated heterocycles. The standard InChI is InChI=1S/C16H11N5OS/c1-3-12(4-2-11(1)14-7-18-10-22-14)21-19-9-16-20-13-5-6-17-8-15(13)23-16/h1-10,21H. The van der Waals surface area contributed by atoms with E-state index in [-0.39, 0.29) is 0 Å². The Balaban J connectivity index is 1.46. The zero-order valence-electron chi connectivity index (χ0n) is 11.9. The number of nitrogens with one attached hydrogen (secondary N) is 1. The van der Waals surface area contributed by atoms with Gasteiger partial charge in [-0.15, -0.1) is 11.3 Å². The summed E-state index contributed by atoms with van der Waals surface area (Å²) < 4.78 is 6.30. The molecule has 0 radical (unpaired) electrons. The minimum absolute atomic E-state index is 0.739. The molecular formula is C16H11N5OS. The van der Waals surface area contributed by atoms with Crippen LogP contribution in [0.1, 0.15) is 5.01 Å². The normalized spacial score (nSPS) is 11.3. The summed E-state index contributed by atoms with van der Waals surface area (Å²) >= 11 is 1.55. The average molecular weight is 321 g/mol. The zero-order chi connectivity index (χ0) is 15.5. The zero-order valence-corrected chi connectivity index (χ0v) is 12.7. The summed E-state index contributed by atoms with van der Waals surface area (Å²) in [5.74, 6) is 0.739. The summed E-state index contributed by atoms with van der Waals surface area (Å²) in [7, 11) is 0. The van der Waals surface area contributed by atoms with Crippen LogP contribution in [0.4, 0.5) is 5.69 Å². The number of hydrogen-bond acceptors (Lipinski definition) is 7. The van der Waals surface area contributed by atoms with Gasteiger partial charge in [0.2, 0.25) is 0 Å². The first-order valence-electron chi connectivity index (χ1n) is 6.87. The molecule has 0 atom stereocenters. The molecule has 23 heavy (non-hydrogen) atoms. The second-order valence-electron chi connectivity index (χ2n) is 4.71. The van der Waals surface area contributed by atoms with E-state index in [1.807, 2.05) is 30.3 Å². The van der Waals surface area contributed by atoms with E-state index in [2.05, 4.69) is 25.5 Å². The largest absolute Gasteiger partial charge is 0.444 e. The molecule has 4 rings (SSSR count). The van der Waals surface area contributed by atoms with E-state index < -0.39 is 0 Å².